The maximum Gasteiger partial charge on any atom is 0.277 e. The Hall–Kier alpha value is -5.21. The fourth-order valence-corrected chi connectivity index (χ4v) is 5.43. The molecule has 7 aromatic rings. The first-order chi connectivity index (χ1) is 20.6. The van der Waals surface area contributed by atoms with Crippen molar-refractivity contribution in [3.63, 3.8) is 0 Å². The molecule has 0 aliphatic heterocycles. The van der Waals surface area contributed by atoms with Crippen LogP contribution in [0.5, 0.6) is 0 Å². The predicted octanol–water partition coefficient (Wildman–Crippen LogP) is 6.25. The van der Waals surface area contributed by atoms with Gasteiger partial charge in [-0.15, -0.1) is 0 Å². The number of benzene rings is 3. The lowest BCUT2D eigenvalue weighted by atomic mass is 10.1. The first-order valence-electron chi connectivity index (χ1n) is 14.1. The number of anilines is 1. The van der Waals surface area contributed by atoms with Crippen LogP contribution in [0.1, 0.15) is 18.1 Å². The molecule has 0 aliphatic carbocycles. The van der Waals surface area contributed by atoms with E-state index in [1.54, 1.807) is 17.0 Å². The van der Waals surface area contributed by atoms with Crippen molar-refractivity contribution >= 4 is 33.1 Å². The normalized spacial score (nSPS) is 12.3. The third-order valence-electron chi connectivity index (χ3n) is 7.57. The number of rotatable bonds is 9. The Kier molecular flexibility index (Phi) is 6.73. The third-order valence-corrected chi connectivity index (χ3v) is 7.57. The van der Waals surface area contributed by atoms with Crippen LogP contribution in [0.2, 0.25) is 0 Å². The molecule has 42 heavy (non-hydrogen) atoms. The smallest absolute Gasteiger partial charge is 0.277 e. The molecule has 0 aliphatic rings. The number of aromatic nitrogens is 4. The van der Waals surface area contributed by atoms with Crippen LogP contribution in [0, 0.1) is 0 Å². The minimum absolute atomic E-state index is 0.0140. The number of fused-ring (bicyclic) bond motifs is 4. The molecule has 0 fully saturated rings. The Bertz CT molecular complexity index is 2040. The first-order valence-corrected chi connectivity index (χ1v) is 14.1. The summed E-state index contributed by atoms with van der Waals surface area (Å²) in [6.07, 6.45) is 9.29. The largest absolute Gasteiger partial charge is 0.456 e. The van der Waals surface area contributed by atoms with Gasteiger partial charge in [0.1, 0.15) is 22.7 Å². The lowest BCUT2D eigenvalue weighted by Gasteiger charge is -2.19. The molecule has 7 rings (SSSR count). The van der Waals surface area contributed by atoms with Crippen molar-refractivity contribution in [1.29, 1.82) is 0 Å². The van der Waals surface area contributed by atoms with E-state index in [-0.39, 0.29) is 11.6 Å². The van der Waals surface area contributed by atoms with Gasteiger partial charge in [0, 0.05) is 60.6 Å². The average Bonchev–Trinajstić information content (AvgIpc) is 3.62. The maximum atomic E-state index is 13.9. The van der Waals surface area contributed by atoms with Gasteiger partial charge in [0.05, 0.1) is 17.9 Å². The molecule has 0 bridgehead atoms. The van der Waals surface area contributed by atoms with E-state index in [9.17, 15) is 4.79 Å². The minimum Gasteiger partial charge on any atom is -0.456 e. The number of furan rings is 1. The highest BCUT2D eigenvalue weighted by atomic mass is 16.3. The van der Waals surface area contributed by atoms with Crippen molar-refractivity contribution in [2.24, 2.45) is 0 Å². The zero-order chi connectivity index (χ0) is 28.5. The fourth-order valence-electron chi connectivity index (χ4n) is 5.43. The van der Waals surface area contributed by atoms with Crippen LogP contribution in [0.25, 0.3) is 38.8 Å². The van der Waals surface area contributed by atoms with Crippen molar-refractivity contribution in [3.8, 4) is 11.4 Å². The van der Waals surface area contributed by atoms with Crippen LogP contribution in [0.3, 0.4) is 0 Å². The molecule has 8 heteroatoms. The molecule has 0 radical (unpaired) electrons. The van der Waals surface area contributed by atoms with Crippen molar-refractivity contribution < 1.29 is 4.42 Å². The van der Waals surface area contributed by atoms with Gasteiger partial charge in [0.2, 0.25) is 0 Å². The van der Waals surface area contributed by atoms with Gasteiger partial charge in [-0.3, -0.25) is 14.3 Å². The van der Waals surface area contributed by atoms with E-state index in [4.69, 9.17) is 9.40 Å². The van der Waals surface area contributed by atoms with Crippen LogP contribution in [-0.4, -0.2) is 25.0 Å². The summed E-state index contributed by atoms with van der Waals surface area (Å²) in [5, 5.41) is 9.06. The maximum absolute atomic E-state index is 13.9. The van der Waals surface area contributed by atoms with Crippen LogP contribution < -0.4 is 16.2 Å². The molecule has 0 saturated carbocycles. The standard InChI is InChI=1S/C34H30N6O2/c1-23(36-18-25-15-27-19-35-13-14-39(27)22-25)21-40-33(26-7-3-2-4-8-26)38-20-30(34(40)41)37-17-24-11-12-32-29(16-24)28-9-5-6-10-31(28)42-32/h2-16,19-20,22-23,36-37H,17-18,21H2,1H3. The second kappa shape index (κ2) is 11.0. The molecule has 3 aromatic carbocycles. The molecule has 1 unspecified atom stereocenters. The van der Waals surface area contributed by atoms with Gasteiger partial charge < -0.3 is 19.5 Å². The van der Waals surface area contributed by atoms with Gasteiger partial charge in [-0.1, -0.05) is 54.6 Å². The van der Waals surface area contributed by atoms with E-state index in [0.29, 0.717) is 31.1 Å². The Labute approximate surface area is 242 Å². The quantitative estimate of drug-likeness (QED) is 0.219. The van der Waals surface area contributed by atoms with E-state index in [1.165, 1.54) is 0 Å². The van der Waals surface area contributed by atoms with Gasteiger partial charge in [-0.25, -0.2) is 4.98 Å². The van der Waals surface area contributed by atoms with Crippen LogP contribution in [0.4, 0.5) is 5.69 Å². The summed E-state index contributed by atoms with van der Waals surface area (Å²) in [4.78, 5) is 22.8. The molecule has 8 nitrogen and oxygen atoms in total. The summed E-state index contributed by atoms with van der Waals surface area (Å²) >= 11 is 0. The summed E-state index contributed by atoms with van der Waals surface area (Å²) in [5.41, 5.74) is 6.23. The molecule has 208 valence electrons. The second-order valence-corrected chi connectivity index (χ2v) is 10.6. The van der Waals surface area contributed by atoms with Gasteiger partial charge in [0.15, 0.2) is 0 Å². The first kappa shape index (κ1) is 25.7. The molecule has 2 N–H and O–H groups in total. The highest BCUT2D eigenvalue weighted by Gasteiger charge is 2.15. The molecular formula is C34H30N6O2. The Morgan fingerprint density at radius 2 is 1.71 bits per heavy atom. The molecule has 4 aromatic heterocycles. The molecule has 0 spiro atoms. The van der Waals surface area contributed by atoms with Crippen molar-refractivity contribution in [3.05, 3.63) is 131 Å². The SMILES string of the molecule is CC(Cn1c(-c2ccccc2)ncc(NCc2ccc3oc4ccccc4c3c2)c1=O)NCc1cc2cnccn2c1. The predicted molar refractivity (Wildman–Crippen MR) is 166 cm³/mol. The monoisotopic (exact) mass is 554 g/mol. The average molecular weight is 555 g/mol. The Morgan fingerprint density at radius 1 is 0.881 bits per heavy atom. The van der Waals surface area contributed by atoms with Crippen LogP contribution in [-0.2, 0) is 19.6 Å². The minimum atomic E-state index is -0.104. The number of hydrogen-bond acceptors (Lipinski definition) is 6. The lowest BCUT2D eigenvalue weighted by Crippen LogP contribution is -2.36. The van der Waals surface area contributed by atoms with E-state index in [0.717, 1.165) is 44.1 Å². The number of para-hydroxylation sites is 1. The molecule has 0 amide bonds. The van der Waals surface area contributed by atoms with Crippen LogP contribution >= 0.6 is 0 Å². The van der Waals surface area contributed by atoms with Crippen LogP contribution in [0.15, 0.2) is 119 Å². The van der Waals surface area contributed by atoms with Crippen molar-refractivity contribution in [1.82, 2.24) is 24.3 Å². The second-order valence-electron chi connectivity index (χ2n) is 10.6. The summed E-state index contributed by atoms with van der Waals surface area (Å²) in [6, 6.07) is 26.1. The summed E-state index contributed by atoms with van der Waals surface area (Å²) in [6.45, 7) is 3.72. The van der Waals surface area contributed by atoms with Gasteiger partial charge >= 0.3 is 0 Å². The van der Waals surface area contributed by atoms with E-state index < -0.39 is 0 Å². The summed E-state index contributed by atoms with van der Waals surface area (Å²) in [5.74, 6) is 0.645. The third kappa shape index (κ3) is 5.04. The Balaban J connectivity index is 1.13. The highest BCUT2D eigenvalue weighted by molar-refractivity contribution is 6.05. The zero-order valence-electron chi connectivity index (χ0n) is 23.2. The van der Waals surface area contributed by atoms with E-state index in [2.05, 4.69) is 51.3 Å². The van der Waals surface area contributed by atoms with Crippen molar-refractivity contribution in [2.75, 3.05) is 5.32 Å². The number of nitrogens with one attached hydrogen (secondary N) is 2. The Morgan fingerprint density at radius 3 is 2.60 bits per heavy atom. The topological polar surface area (TPSA) is 89.4 Å². The fraction of sp³-hybridized carbons (Fsp3) is 0.147. The highest BCUT2D eigenvalue weighted by Crippen LogP contribution is 2.29. The number of nitrogens with zero attached hydrogens (tertiary/aromatic N) is 4. The lowest BCUT2D eigenvalue weighted by molar-refractivity contribution is 0.469. The molecule has 4 heterocycles. The van der Waals surface area contributed by atoms with E-state index >= 15 is 0 Å². The zero-order valence-corrected chi connectivity index (χ0v) is 23.2. The van der Waals surface area contributed by atoms with E-state index in [1.807, 2.05) is 73.1 Å². The summed E-state index contributed by atoms with van der Waals surface area (Å²) < 4.78 is 9.79. The van der Waals surface area contributed by atoms with Crippen molar-refractivity contribution in [2.45, 2.75) is 32.6 Å². The number of hydrogen-bond donors (Lipinski definition) is 2. The molecule has 1 atom stereocenters. The van der Waals surface area contributed by atoms with Gasteiger partial charge in [0.25, 0.3) is 5.56 Å². The van der Waals surface area contributed by atoms with Gasteiger partial charge in [-0.2, -0.15) is 0 Å². The summed E-state index contributed by atoms with van der Waals surface area (Å²) in [7, 11) is 0. The van der Waals surface area contributed by atoms with Gasteiger partial charge in [-0.05, 0) is 42.3 Å². The molecule has 0 saturated heterocycles. The molecular weight excluding hydrogens is 524 g/mol.